The van der Waals surface area contributed by atoms with Gasteiger partial charge in [-0.1, -0.05) is 13.8 Å². The molecule has 0 aliphatic carbocycles. The first kappa shape index (κ1) is 15.8. The van der Waals surface area contributed by atoms with Crippen LogP contribution in [-0.2, 0) is 6.61 Å². The number of aliphatic hydroxyl groups is 1. The summed E-state index contributed by atoms with van der Waals surface area (Å²) in [7, 11) is 1.61. The van der Waals surface area contributed by atoms with Gasteiger partial charge < -0.3 is 14.6 Å². The minimum absolute atomic E-state index is 0.385. The first-order valence-electron chi connectivity index (χ1n) is 6.94. The molecule has 2 rings (SSSR count). The lowest BCUT2D eigenvalue weighted by atomic mass is 10.1. The van der Waals surface area contributed by atoms with Gasteiger partial charge in [-0.3, -0.25) is 0 Å². The normalized spacial score (nSPS) is 12.5. The summed E-state index contributed by atoms with van der Waals surface area (Å²) in [5, 5.41) is 12.9. The molecule has 1 N–H and O–H groups in total. The van der Waals surface area contributed by atoms with E-state index in [2.05, 4.69) is 18.8 Å². The molecule has 0 fully saturated rings. The molecule has 21 heavy (non-hydrogen) atoms. The topological polar surface area (TPSA) is 51.6 Å². The minimum atomic E-state index is -0.590. The van der Waals surface area contributed by atoms with Crippen LogP contribution in [0.5, 0.6) is 11.5 Å². The second-order valence-corrected chi connectivity index (χ2v) is 6.09. The van der Waals surface area contributed by atoms with E-state index in [1.165, 1.54) is 0 Å². The molecule has 1 unspecified atom stereocenters. The van der Waals surface area contributed by atoms with Crippen molar-refractivity contribution in [3.8, 4) is 11.5 Å². The van der Waals surface area contributed by atoms with E-state index in [-0.39, 0.29) is 0 Å². The first-order valence-corrected chi connectivity index (χ1v) is 7.82. The molecule has 0 radical (unpaired) electrons. The third-order valence-corrected chi connectivity index (χ3v) is 4.30. The Kier molecular flexibility index (Phi) is 5.20. The summed E-state index contributed by atoms with van der Waals surface area (Å²) < 4.78 is 11.0. The molecule has 0 aliphatic heterocycles. The van der Waals surface area contributed by atoms with Crippen LogP contribution in [0.3, 0.4) is 0 Å². The number of aromatic nitrogens is 1. The van der Waals surface area contributed by atoms with E-state index in [0.717, 1.165) is 16.3 Å². The second-order valence-electron chi connectivity index (χ2n) is 5.20. The Bertz CT molecular complexity index is 593. The zero-order chi connectivity index (χ0) is 15.4. The zero-order valence-corrected chi connectivity index (χ0v) is 13.6. The Labute approximate surface area is 129 Å². The highest BCUT2D eigenvalue weighted by Crippen LogP contribution is 2.30. The lowest BCUT2D eigenvalue weighted by molar-refractivity contribution is 0.189. The second kappa shape index (κ2) is 6.91. The number of aliphatic hydroxyl groups excluding tert-OH is 1. The van der Waals surface area contributed by atoms with Gasteiger partial charge in [-0.15, -0.1) is 11.3 Å². The molecule has 1 heterocycles. The van der Waals surface area contributed by atoms with Gasteiger partial charge >= 0.3 is 0 Å². The third-order valence-electron chi connectivity index (χ3n) is 3.11. The molecule has 0 amide bonds. The Morgan fingerprint density at radius 3 is 2.62 bits per heavy atom. The van der Waals surface area contributed by atoms with Crippen molar-refractivity contribution < 1.29 is 14.6 Å². The molecule has 0 saturated heterocycles. The van der Waals surface area contributed by atoms with Gasteiger partial charge in [0.15, 0.2) is 0 Å². The van der Waals surface area contributed by atoms with Crippen molar-refractivity contribution >= 4 is 11.3 Å². The van der Waals surface area contributed by atoms with E-state index in [9.17, 15) is 5.11 Å². The quantitative estimate of drug-likeness (QED) is 0.879. The van der Waals surface area contributed by atoms with Gasteiger partial charge in [-0.2, -0.15) is 0 Å². The highest BCUT2D eigenvalue weighted by Gasteiger charge is 2.12. The zero-order valence-electron chi connectivity index (χ0n) is 12.8. The van der Waals surface area contributed by atoms with Crippen LogP contribution in [0.15, 0.2) is 23.6 Å². The molecule has 4 nitrogen and oxygen atoms in total. The Morgan fingerprint density at radius 2 is 2.05 bits per heavy atom. The SMILES string of the molecule is COc1ccc(C(C)O)c(OCc2csc(C(C)C)n2)c1. The van der Waals surface area contributed by atoms with Gasteiger partial charge in [0, 0.05) is 22.9 Å². The predicted octanol–water partition coefficient (Wildman–Crippen LogP) is 3.91. The lowest BCUT2D eigenvalue weighted by Crippen LogP contribution is -2.02. The molecule has 0 bridgehead atoms. The van der Waals surface area contributed by atoms with Crippen molar-refractivity contribution in [3.63, 3.8) is 0 Å². The Balaban J connectivity index is 2.14. The number of rotatable bonds is 6. The van der Waals surface area contributed by atoms with Gasteiger partial charge in [-0.05, 0) is 19.1 Å². The molecule has 2 aromatic rings. The van der Waals surface area contributed by atoms with Gasteiger partial charge in [0.2, 0.25) is 0 Å². The maximum Gasteiger partial charge on any atom is 0.131 e. The smallest absolute Gasteiger partial charge is 0.131 e. The fourth-order valence-electron chi connectivity index (χ4n) is 1.92. The van der Waals surface area contributed by atoms with Crippen molar-refractivity contribution in [2.24, 2.45) is 0 Å². The molecule has 0 saturated carbocycles. The van der Waals surface area contributed by atoms with Gasteiger partial charge in [0.05, 0.1) is 23.9 Å². The molecular formula is C16H21NO3S. The standard InChI is InChI=1S/C16H21NO3S/c1-10(2)16-17-12(9-21-16)8-20-15-7-13(19-4)5-6-14(15)11(3)18/h5-7,9-11,18H,8H2,1-4H3. The van der Waals surface area contributed by atoms with E-state index < -0.39 is 6.10 Å². The van der Waals surface area contributed by atoms with Crippen molar-refractivity contribution in [2.45, 2.75) is 39.4 Å². The lowest BCUT2D eigenvalue weighted by Gasteiger charge is -2.14. The average molecular weight is 307 g/mol. The molecule has 5 heteroatoms. The summed E-state index contributed by atoms with van der Waals surface area (Å²) >= 11 is 1.65. The van der Waals surface area contributed by atoms with Gasteiger partial charge in [-0.25, -0.2) is 4.98 Å². The highest BCUT2D eigenvalue weighted by atomic mass is 32.1. The number of benzene rings is 1. The van der Waals surface area contributed by atoms with Crippen LogP contribution in [0.4, 0.5) is 0 Å². The summed E-state index contributed by atoms with van der Waals surface area (Å²) in [4.78, 5) is 4.54. The summed E-state index contributed by atoms with van der Waals surface area (Å²) in [6.45, 7) is 6.35. The maximum atomic E-state index is 9.81. The fourth-order valence-corrected chi connectivity index (χ4v) is 2.74. The summed E-state index contributed by atoms with van der Waals surface area (Å²) in [6, 6.07) is 5.42. The number of nitrogens with zero attached hydrogens (tertiary/aromatic N) is 1. The minimum Gasteiger partial charge on any atom is -0.497 e. The van der Waals surface area contributed by atoms with Crippen molar-refractivity contribution in [1.29, 1.82) is 0 Å². The van der Waals surface area contributed by atoms with Crippen LogP contribution in [0.2, 0.25) is 0 Å². The first-order chi connectivity index (χ1) is 10.0. The van der Waals surface area contributed by atoms with Crippen molar-refractivity contribution in [2.75, 3.05) is 7.11 Å². The number of ether oxygens (including phenoxy) is 2. The molecule has 1 atom stereocenters. The molecule has 1 aromatic carbocycles. The molecule has 0 aliphatic rings. The van der Waals surface area contributed by atoms with E-state index >= 15 is 0 Å². The van der Waals surface area contributed by atoms with Crippen LogP contribution >= 0.6 is 11.3 Å². The van der Waals surface area contributed by atoms with Crippen LogP contribution in [0.25, 0.3) is 0 Å². The largest absolute Gasteiger partial charge is 0.497 e. The third kappa shape index (κ3) is 3.95. The molecule has 0 spiro atoms. The average Bonchev–Trinajstić information content (AvgIpc) is 2.93. The number of methoxy groups -OCH3 is 1. The van der Waals surface area contributed by atoms with Crippen LogP contribution in [-0.4, -0.2) is 17.2 Å². The van der Waals surface area contributed by atoms with E-state index in [1.807, 2.05) is 17.5 Å². The van der Waals surface area contributed by atoms with E-state index in [4.69, 9.17) is 9.47 Å². The van der Waals surface area contributed by atoms with Crippen molar-refractivity contribution in [1.82, 2.24) is 4.98 Å². The number of hydrogen-bond donors (Lipinski definition) is 1. The summed E-state index contributed by atoms with van der Waals surface area (Å²) in [6.07, 6.45) is -0.590. The molecule has 1 aromatic heterocycles. The Hall–Kier alpha value is -1.59. The summed E-state index contributed by atoms with van der Waals surface area (Å²) in [5.41, 5.74) is 1.65. The number of hydrogen-bond acceptors (Lipinski definition) is 5. The fraction of sp³-hybridized carbons (Fsp3) is 0.438. The van der Waals surface area contributed by atoms with E-state index in [1.54, 1.807) is 31.4 Å². The molecule has 114 valence electrons. The van der Waals surface area contributed by atoms with Gasteiger partial charge in [0.25, 0.3) is 0 Å². The van der Waals surface area contributed by atoms with Crippen LogP contribution in [0.1, 0.15) is 49.1 Å². The van der Waals surface area contributed by atoms with E-state index in [0.29, 0.717) is 24.0 Å². The van der Waals surface area contributed by atoms with Crippen LogP contribution < -0.4 is 9.47 Å². The summed E-state index contributed by atoms with van der Waals surface area (Å²) in [5.74, 6) is 1.76. The maximum absolute atomic E-state index is 9.81. The number of thiazole rings is 1. The predicted molar refractivity (Wildman–Crippen MR) is 84.2 cm³/mol. The van der Waals surface area contributed by atoms with Crippen molar-refractivity contribution in [3.05, 3.63) is 39.8 Å². The highest BCUT2D eigenvalue weighted by molar-refractivity contribution is 7.09. The Morgan fingerprint density at radius 1 is 1.29 bits per heavy atom. The van der Waals surface area contributed by atoms with Crippen LogP contribution in [0, 0.1) is 0 Å². The monoisotopic (exact) mass is 307 g/mol. The van der Waals surface area contributed by atoms with Gasteiger partial charge in [0.1, 0.15) is 18.1 Å². The molecular weight excluding hydrogens is 286 g/mol.